The number of rotatable bonds is 1. The van der Waals surface area contributed by atoms with Crippen molar-refractivity contribution < 1.29 is 4.74 Å². The summed E-state index contributed by atoms with van der Waals surface area (Å²) in [5, 5.41) is 0.994. The Hall–Kier alpha value is 0.440. The summed E-state index contributed by atoms with van der Waals surface area (Å²) in [6.45, 7) is 3.16. The minimum atomic E-state index is 0.500. The highest BCUT2D eigenvalue weighted by Crippen LogP contribution is 2.20. The lowest BCUT2D eigenvalue weighted by molar-refractivity contribution is -0.0900. The number of hydrogen-bond donors (Lipinski definition) is 0. The molecule has 0 saturated carbocycles. The fraction of sp³-hybridized carbons (Fsp3) is 1.00. The van der Waals surface area contributed by atoms with Gasteiger partial charge in [0.1, 0.15) is 0 Å². The Morgan fingerprint density at radius 3 is 2.57 bits per heavy atom. The minimum absolute atomic E-state index is 0.500. The van der Waals surface area contributed by atoms with Crippen LogP contribution in [0.15, 0.2) is 0 Å². The van der Waals surface area contributed by atoms with Crippen LogP contribution in [0.1, 0.15) is 6.92 Å². The molecule has 0 bridgehead atoms. The molecule has 0 N–H and O–H groups in total. The quantitative estimate of drug-likeness (QED) is 0.534. The molecule has 1 saturated heterocycles. The smallest absolute Gasteiger partial charge is 0.0719 e. The van der Waals surface area contributed by atoms with E-state index in [0.717, 1.165) is 17.9 Å². The first-order valence-electron chi connectivity index (χ1n) is 2.52. The predicted molar refractivity (Wildman–Crippen MR) is 32.7 cm³/mol. The van der Waals surface area contributed by atoms with Crippen LogP contribution in [0.4, 0.5) is 0 Å². The molecular weight excluding hydrogens is 156 g/mol. The van der Waals surface area contributed by atoms with E-state index >= 15 is 0 Å². The van der Waals surface area contributed by atoms with Crippen molar-refractivity contribution in [3.05, 3.63) is 0 Å². The van der Waals surface area contributed by atoms with E-state index in [-0.39, 0.29) is 0 Å². The van der Waals surface area contributed by atoms with Crippen LogP contribution in [0.5, 0.6) is 0 Å². The van der Waals surface area contributed by atoms with Crippen molar-refractivity contribution in [2.75, 3.05) is 11.9 Å². The zero-order valence-corrected chi connectivity index (χ0v) is 5.94. The van der Waals surface area contributed by atoms with Crippen molar-refractivity contribution in [2.24, 2.45) is 5.92 Å². The maximum absolute atomic E-state index is 5.15. The summed E-state index contributed by atoms with van der Waals surface area (Å²) in [7, 11) is 0. The van der Waals surface area contributed by atoms with Gasteiger partial charge in [-0.05, 0) is 0 Å². The van der Waals surface area contributed by atoms with Gasteiger partial charge in [-0.1, -0.05) is 22.9 Å². The van der Waals surface area contributed by atoms with E-state index in [1.54, 1.807) is 0 Å². The number of hydrogen-bond acceptors (Lipinski definition) is 1. The molecule has 0 aromatic carbocycles. The van der Waals surface area contributed by atoms with Gasteiger partial charge in [0.05, 0.1) is 12.7 Å². The summed E-state index contributed by atoms with van der Waals surface area (Å²) in [6.07, 6.45) is 0.500. The molecule has 0 aromatic rings. The fourth-order valence-corrected chi connectivity index (χ4v) is 1.45. The van der Waals surface area contributed by atoms with Crippen LogP contribution in [0, 0.1) is 5.92 Å². The maximum atomic E-state index is 5.15. The summed E-state index contributed by atoms with van der Waals surface area (Å²) in [4.78, 5) is 0. The van der Waals surface area contributed by atoms with Crippen LogP contribution in [-0.2, 0) is 4.74 Å². The second-order valence-corrected chi connectivity index (χ2v) is 2.65. The number of halogens is 1. The lowest BCUT2D eigenvalue weighted by Crippen LogP contribution is -2.38. The summed E-state index contributed by atoms with van der Waals surface area (Å²) in [6, 6.07) is 0. The van der Waals surface area contributed by atoms with Crippen molar-refractivity contribution in [1.82, 2.24) is 0 Å². The molecule has 1 fully saturated rings. The monoisotopic (exact) mass is 164 g/mol. The molecule has 2 heteroatoms. The Kier molecular flexibility index (Phi) is 1.70. The molecule has 1 aliphatic heterocycles. The summed E-state index contributed by atoms with van der Waals surface area (Å²) in [5.41, 5.74) is 0. The average molecular weight is 165 g/mol. The lowest BCUT2D eigenvalue weighted by Gasteiger charge is -2.32. The lowest BCUT2D eigenvalue weighted by atomic mass is 10.0. The average Bonchev–Trinajstić information content (AvgIpc) is 1.65. The van der Waals surface area contributed by atoms with Crippen LogP contribution in [0.25, 0.3) is 0 Å². The fourth-order valence-electron chi connectivity index (χ4n) is 0.621. The zero-order valence-electron chi connectivity index (χ0n) is 4.36. The van der Waals surface area contributed by atoms with Gasteiger partial charge in [-0.3, -0.25) is 0 Å². The van der Waals surface area contributed by atoms with Crippen molar-refractivity contribution >= 4 is 15.9 Å². The Morgan fingerprint density at radius 2 is 2.57 bits per heavy atom. The Bertz CT molecular complexity index is 63.1. The summed E-state index contributed by atoms with van der Waals surface area (Å²) in [5.74, 6) is 0.777. The highest BCUT2D eigenvalue weighted by atomic mass is 79.9. The van der Waals surface area contributed by atoms with Crippen LogP contribution >= 0.6 is 15.9 Å². The first kappa shape index (κ1) is 5.57. The molecule has 1 aliphatic rings. The Labute approximate surface area is 52.2 Å². The second-order valence-electron chi connectivity index (χ2n) is 2.00. The Balaban J connectivity index is 2.16. The molecular formula is C5H9BrO. The van der Waals surface area contributed by atoms with Gasteiger partial charge in [0.15, 0.2) is 0 Å². The molecule has 1 heterocycles. The van der Waals surface area contributed by atoms with E-state index in [1.807, 2.05) is 0 Å². The standard InChI is InChI=1S/C5H9BrO/c1-4-3-7-5(4)2-6/h4-5H,2-3H2,1H3/t4-,5-/m1/s1. The molecule has 1 nitrogen and oxygen atoms in total. The van der Waals surface area contributed by atoms with Crippen LogP contribution in [-0.4, -0.2) is 18.0 Å². The molecule has 1 rings (SSSR count). The topological polar surface area (TPSA) is 9.23 Å². The molecule has 0 unspecified atom stereocenters. The van der Waals surface area contributed by atoms with Gasteiger partial charge in [-0.25, -0.2) is 0 Å². The summed E-state index contributed by atoms with van der Waals surface area (Å²) >= 11 is 3.34. The highest BCUT2D eigenvalue weighted by molar-refractivity contribution is 9.09. The molecule has 7 heavy (non-hydrogen) atoms. The minimum Gasteiger partial charge on any atom is -0.377 e. The Morgan fingerprint density at radius 1 is 1.86 bits per heavy atom. The molecule has 0 amide bonds. The number of alkyl halides is 1. The molecule has 0 aliphatic carbocycles. The third-order valence-electron chi connectivity index (χ3n) is 1.36. The van der Waals surface area contributed by atoms with E-state index in [9.17, 15) is 0 Å². The normalized spacial score (nSPS) is 40.3. The van der Waals surface area contributed by atoms with E-state index in [4.69, 9.17) is 4.74 Å². The van der Waals surface area contributed by atoms with Crippen LogP contribution < -0.4 is 0 Å². The van der Waals surface area contributed by atoms with Gasteiger partial charge in [-0.15, -0.1) is 0 Å². The second kappa shape index (κ2) is 2.14. The van der Waals surface area contributed by atoms with E-state index < -0.39 is 0 Å². The van der Waals surface area contributed by atoms with Gasteiger partial charge in [0.2, 0.25) is 0 Å². The third-order valence-corrected chi connectivity index (χ3v) is 2.00. The summed E-state index contributed by atoms with van der Waals surface area (Å²) < 4.78 is 5.15. The van der Waals surface area contributed by atoms with Gasteiger partial charge in [0, 0.05) is 11.2 Å². The first-order chi connectivity index (χ1) is 3.34. The van der Waals surface area contributed by atoms with Crippen molar-refractivity contribution in [3.63, 3.8) is 0 Å². The zero-order chi connectivity index (χ0) is 5.28. The SMILES string of the molecule is C[C@@H]1CO[C@@H]1CBr. The first-order valence-corrected chi connectivity index (χ1v) is 3.64. The molecule has 0 spiro atoms. The molecule has 2 atom stereocenters. The molecule has 0 radical (unpaired) electrons. The van der Waals surface area contributed by atoms with Crippen LogP contribution in [0.2, 0.25) is 0 Å². The van der Waals surface area contributed by atoms with Crippen molar-refractivity contribution in [1.29, 1.82) is 0 Å². The van der Waals surface area contributed by atoms with Crippen LogP contribution in [0.3, 0.4) is 0 Å². The van der Waals surface area contributed by atoms with Crippen molar-refractivity contribution in [3.8, 4) is 0 Å². The van der Waals surface area contributed by atoms with Gasteiger partial charge in [0.25, 0.3) is 0 Å². The predicted octanol–water partition coefficient (Wildman–Crippen LogP) is 1.42. The van der Waals surface area contributed by atoms with Gasteiger partial charge >= 0.3 is 0 Å². The van der Waals surface area contributed by atoms with Gasteiger partial charge in [-0.2, -0.15) is 0 Å². The number of ether oxygens (including phenoxy) is 1. The highest BCUT2D eigenvalue weighted by Gasteiger charge is 2.25. The third kappa shape index (κ3) is 0.970. The van der Waals surface area contributed by atoms with E-state index in [1.165, 1.54) is 0 Å². The molecule has 0 aromatic heterocycles. The van der Waals surface area contributed by atoms with E-state index in [0.29, 0.717) is 6.10 Å². The van der Waals surface area contributed by atoms with Crippen molar-refractivity contribution in [2.45, 2.75) is 13.0 Å². The maximum Gasteiger partial charge on any atom is 0.0719 e. The van der Waals surface area contributed by atoms with E-state index in [2.05, 4.69) is 22.9 Å². The largest absolute Gasteiger partial charge is 0.377 e. The molecule has 42 valence electrons. The van der Waals surface area contributed by atoms with Gasteiger partial charge < -0.3 is 4.74 Å².